The average Bonchev–Trinajstić information content (AvgIpc) is 2.69. The number of nitrogens with zero attached hydrogens (tertiary/aromatic N) is 2. The monoisotopic (exact) mass is 268 g/mol. The fraction of sp³-hybridized carbons (Fsp3) is 0.100. The van der Waals surface area contributed by atoms with Gasteiger partial charge in [0.05, 0.1) is 10.7 Å². The van der Waals surface area contributed by atoms with Crippen LogP contribution in [0.2, 0.25) is 5.02 Å². The van der Waals surface area contributed by atoms with Crippen molar-refractivity contribution in [3.05, 3.63) is 23.2 Å². The lowest BCUT2D eigenvalue weighted by atomic mass is 10.2. The van der Waals surface area contributed by atoms with E-state index < -0.39 is 0 Å². The minimum Gasteiger partial charge on any atom is -0.398 e. The van der Waals surface area contributed by atoms with Crippen LogP contribution in [0.25, 0.3) is 10.6 Å². The first-order valence-electron chi connectivity index (χ1n) is 4.73. The molecular weight excluding hydrogens is 260 g/mol. The largest absolute Gasteiger partial charge is 0.398 e. The van der Waals surface area contributed by atoms with Crippen LogP contribution in [0.4, 0.5) is 10.8 Å². The Bertz CT molecular complexity index is 569. The molecule has 3 N–H and O–H groups in total. The van der Waals surface area contributed by atoms with E-state index in [1.54, 1.807) is 18.2 Å². The summed E-state index contributed by atoms with van der Waals surface area (Å²) in [5.41, 5.74) is 7.01. The van der Waals surface area contributed by atoms with Gasteiger partial charge >= 0.3 is 0 Å². The SMILES string of the molecule is CC(=O)Nc1nnc(-c2ccc(Cl)c(N)c2)s1. The summed E-state index contributed by atoms with van der Waals surface area (Å²) in [5, 5.41) is 12.0. The van der Waals surface area contributed by atoms with Crippen LogP contribution in [0.3, 0.4) is 0 Å². The number of nitrogen functional groups attached to an aromatic ring is 1. The Hall–Kier alpha value is -1.66. The molecule has 1 aromatic heterocycles. The van der Waals surface area contributed by atoms with Crippen LogP contribution >= 0.6 is 22.9 Å². The van der Waals surface area contributed by atoms with E-state index in [1.807, 2.05) is 0 Å². The predicted molar refractivity (Wildman–Crippen MR) is 69.1 cm³/mol. The zero-order valence-corrected chi connectivity index (χ0v) is 10.5. The van der Waals surface area contributed by atoms with E-state index in [0.29, 0.717) is 20.8 Å². The number of benzene rings is 1. The van der Waals surface area contributed by atoms with Crippen molar-refractivity contribution in [1.82, 2.24) is 10.2 Å². The van der Waals surface area contributed by atoms with Gasteiger partial charge in [-0.25, -0.2) is 0 Å². The standard InChI is InChI=1S/C10H9ClN4OS/c1-5(16)13-10-15-14-9(17-10)6-2-3-7(11)8(12)4-6/h2-4H,12H2,1H3,(H,13,15,16). The maximum atomic E-state index is 10.8. The summed E-state index contributed by atoms with van der Waals surface area (Å²) in [7, 11) is 0. The molecule has 1 amide bonds. The normalized spacial score (nSPS) is 10.2. The Labute approximate surface area is 107 Å². The number of amides is 1. The van der Waals surface area contributed by atoms with Gasteiger partial charge in [-0.05, 0) is 12.1 Å². The van der Waals surface area contributed by atoms with Gasteiger partial charge in [0, 0.05) is 12.5 Å². The number of hydrogen-bond acceptors (Lipinski definition) is 5. The number of halogens is 1. The highest BCUT2D eigenvalue weighted by atomic mass is 35.5. The van der Waals surface area contributed by atoms with Crippen LogP contribution in [0.5, 0.6) is 0 Å². The predicted octanol–water partition coefficient (Wildman–Crippen LogP) is 2.40. The van der Waals surface area contributed by atoms with Crippen molar-refractivity contribution in [3.8, 4) is 10.6 Å². The fourth-order valence-electron chi connectivity index (χ4n) is 1.22. The van der Waals surface area contributed by atoms with Crippen LogP contribution in [-0.4, -0.2) is 16.1 Å². The van der Waals surface area contributed by atoms with E-state index in [4.69, 9.17) is 17.3 Å². The second-order valence-electron chi connectivity index (χ2n) is 3.33. The number of carbonyl (C=O) groups excluding carboxylic acids is 1. The van der Waals surface area contributed by atoms with E-state index in [0.717, 1.165) is 5.56 Å². The Kier molecular flexibility index (Phi) is 3.26. The number of hydrogen-bond donors (Lipinski definition) is 2. The summed E-state index contributed by atoms with van der Waals surface area (Å²) in [4.78, 5) is 10.8. The van der Waals surface area contributed by atoms with Crippen LogP contribution in [0.15, 0.2) is 18.2 Å². The second-order valence-corrected chi connectivity index (χ2v) is 4.71. The highest BCUT2D eigenvalue weighted by Crippen LogP contribution is 2.30. The summed E-state index contributed by atoms with van der Waals surface area (Å²) in [5.74, 6) is -0.177. The molecule has 0 aliphatic heterocycles. The molecule has 0 atom stereocenters. The summed E-state index contributed by atoms with van der Waals surface area (Å²) in [6, 6.07) is 5.23. The topological polar surface area (TPSA) is 80.9 Å². The Balaban J connectivity index is 2.30. The van der Waals surface area contributed by atoms with Gasteiger partial charge in [0.15, 0.2) is 0 Å². The lowest BCUT2D eigenvalue weighted by molar-refractivity contribution is -0.114. The third-order valence-electron chi connectivity index (χ3n) is 1.95. The molecule has 0 bridgehead atoms. The molecule has 2 rings (SSSR count). The molecule has 88 valence electrons. The van der Waals surface area contributed by atoms with Gasteiger partial charge in [0.2, 0.25) is 11.0 Å². The number of rotatable bonds is 2. The quantitative estimate of drug-likeness (QED) is 0.820. The van der Waals surface area contributed by atoms with Crippen molar-refractivity contribution < 1.29 is 4.79 Å². The first-order chi connectivity index (χ1) is 8.06. The lowest BCUT2D eigenvalue weighted by Crippen LogP contribution is -2.04. The Morgan fingerprint density at radius 3 is 2.88 bits per heavy atom. The van der Waals surface area contributed by atoms with E-state index in [1.165, 1.54) is 18.3 Å². The molecule has 0 aliphatic rings. The summed E-state index contributed by atoms with van der Waals surface area (Å²) in [6.07, 6.45) is 0. The Morgan fingerprint density at radius 2 is 2.24 bits per heavy atom. The molecule has 0 unspecified atom stereocenters. The van der Waals surface area contributed by atoms with Crippen molar-refractivity contribution in [1.29, 1.82) is 0 Å². The van der Waals surface area contributed by atoms with Crippen LogP contribution in [-0.2, 0) is 4.79 Å². The third kappa shape index (κ3) is 2.72. The van der Waals surface area contributed by atoms with E-state index >= 15 is 0 Å². The van der Waals surface area contributed by atoms with Crippen LogP contribution in [0.1, 0.15) is 6.92 Å². The number of nitrogens with one attached hydrogen (secondary N) is 1. The molecule has 1 heterocycles. The van der Waals surface area contributed by atoms with Crippen LogP contribution in [0, 0.1) is 0 Å². The first kappa shape index (κ1) is 11.8. The molecule has 0 radical (unpaired) electrons. The highest BCUT2D eigenvalue weighted by Gasteiger charge is 2.08. The molecule has 0 aliphatic carbocycles. The summed E-state index contributed by atoms with van der Waals surface area (Å²) >= 11 is 7.10. The van der Waals surface area contributed by atoms with Gasteiger partial charge in [-0.15, -0.1) is 10.2 Å². The summed E-state index contributed by atoms with van der Waals surface area (Å²) < 4.78 is 0. The van der Waals surface area contributed by atoms with Gasteiger partial charge in [-0.2, -0.15) is 0 Å². The second kappa shape index (κ2) is 4.68. The maximum absolute atomic E-state index is 10.8. The molecule has 0 fully saturated rings. The lowest BCUT2D eigenvalue weighted by Gasteiger charge is -1.99. The van der Waals surface area contributed by atoms with E-state index in [-0.39, 0.29) is 5.91 Å². The number of aromatic nitrogens is 2. The molecule has 1 aromatic carbocycles. The Morgan fingerprint density at radius 1 is 1.47 bits per heavy atom. The first-order valence-corrected chi connectivity index (χ1v) is 5.92. The summed E-state index contributed by atoms with van der Waals surface area (Å²) in [6.45, 7) is 1.42. The van der Waals surface area contributed by atoms with Gasteiger partial charge in [0.1, 0.15) is 5.01 Å². The van der Waals surface area contributed by atoms with Crippen molar-refractivity contribution >= 4 is 39.7 Å². The van der Waals surface area contributed by atoms with Gasteiger partial charge in [-0.3, -0.25) is 4.79 Å². The smallest absolute Gasteiger partial charge is 0.223 e. The highest BCUT2D eigenvalue weighted by molar-refractivity contribution is 7.18. The number of nitrogens with two attached hydrogens (primary N) is 1. The molecule has 0 spiro atoms. The zero-order chi connectivity index (χ0) is 12.4. The zero-order valence-electron chi connectivity index (χ0n) is 8.90. The third-order valence-corrected chi connectivity index (χ3v) is 3.18. The molecule has 17 heavy (non-hydrogen) atoms. The van der Waals surface area contributed by atoms with Gasteiger partial charge in [-0.1, -0.05) is 29.0 Å². The van der Waals surface area contributed by atoms with E-state index in [2.05, 4.69) is 15.5 Å². The minimum absolute atomic E-state index is 0.177. The average molecular weight is 269 g/mol. The maximum Gasteiger partial charge on any atom is 0.223 e. The number of anilines is 2. The minimum atomic E-state index is -0.177. The molecular formula is C10H9ClN4OS. The van der Waals surface area contributed by atoms with Crippen molar-refractivity contribution in [2.24, 2.45) is 0 Å². The van der Waals surface area contributed by atoms with Crippen molar-refractivity contribution in [2.75, 3.05) is 11.1 Å². The number of carbonyl (C=O) groups is 1. The van der Waals surface area contributed by atoms with Crippen LogP contribution < -0.4 is 11.1 Å². The van der Waals surface area contributed by atoms with Gasteiger partial charge in [0.25, 0.3) is 0 Å². The fourth-order valence-corrected chi connectivity index (χ4v) is 2.12. The van der Waals surface area contributed by atoms with Gasteiger partial charge < -0.3 is 11.1 Å². The molecule has 5 nitrogen and oxygen atoms in total. The molecule has 0 saturated carbocycles. The molecule has 7 heteroatoms. The van der Waals surface area contributed by atoms with E-state index in [9.17, 15) is 4.79 Å². The molecule has 0 saturated heterocycles. The molecule has 2 aromatic rings. The van der Waals surface area contributed by atoms with Crippen molar-refractivity contribution in [3.63, 3.8) is 0 Å². The van der Waals surface area contributed by atoms with Crippen molar-refractivity contribution in [2.45, 2.75) is 6.92 Å².